The highest BCUT2D eigenvalue weighted by Gasteiger charge is 2.14. The van der Waals surface area contributed by atoms with E-state index in [1.807, 2.05) is 13.1 Å². The van der Waals surface area contributed by atoms with E-state index in [-0.39, 0.29) is 5.82 Å². The predicted molar refractivity (Wildman–Crippen MR) is 72.0 cm³/mol. The number of nitrogens with zero attached hydrogens (tertiary/aromatic N) is 2. The van der Waals surface area contributed by atoms with E-state index in [1.54, 1.807) is 6.07 Å². The molecule has 1 saturated heterocycles. The van der Waals surface area contributed by atoms with Gasteiger partial charge in [0.1, 0.15) is 5.82 Å². The van der Waals surface area contributed by atoms with E-state index >= 15 is 0 Å². The maximum atomic E-state index is 13.4. The van der Waals surface area contributed by atoms with Crippen molar-refractivity contribution in [3.8, 4) is 0 Å². The summed E-state index contributed by atoms with van der Waals surface area (Å²) in [5, 5.41) is 1.06. The molecule has 2 nitrogen and oxygen atoms in total. The molecule has 3 heteroatoms. The first kappa shape index (κ1) is 11.7. The van der Waals surface area contributed by atoms with Gasteiger partial charge < -0.3 is 4.57 Å². The Morgan fingerprint density at radius 1 is 1.17 bits per heavy atom. The number of likely N-dealkylation sites (tertiary alicyclic amines) is 1. The van der Waals surface area contributed by atoms with Crippen LogP contribution in [0.5, 0.6) is 0 Å². The number of rotatable bonds is 2. The number of hydrogen-bond acceptors (Lipinski definition) is 1. The summed E-state index contributed by atoms with van der Waals surface area (Å²) in [5.41, 5.74) is 2.36. The standard InChI is InChI=1S/C15H19FN2/c1-17-10-12(11-18-7-3-2-4-8-18)14-9-13(16)5-6-15(14)17/h5-6,9-10H,2-4,7-8,11H2,1H3. The van der Waals surface area contributed by atoms with Gasteiger partial charge in [0.2, 0.25) is 0 Å². The summed E-state index contributed by atoms with van der Waals surface area (Å²) < 4.78 is 15.5. The molecular formula is C15H19FN2. The Morgan fingerprint density at radius 3 is 2.72 bits per heavy atom. The summed E-state index contributed by atoms with van der Waals surface area (Å²) in [4.78, 5) is 2.48. The Balaban J connectivity index is 1.93. The predicted octanol–water partition coefficient (Wildman–Crippen LogP) is 3.30. The monoisotopic (exact) mass is 246 g/mol. The van der Waals surface area contributed by atoms with E-state index in [2.05, 4.69) is 15.7 Å². The lowest BCUT2D eigenvalue weighted by Gasteiger charge is -2.26. The van der Waals surface area contributed by atoms with E-state index in [9.17, 15) is 4.39 Å². The third-order valence-corrected chi connectivity index (χ3v) is 3.88. The number of benzene rings is 1. The molecule has 0 atom stereocenters. The second kappa shape index (κ2) is 4.73. The lowest BCUT2D eigenvalue weighted by Crippen LogP contribution is -2.28. The number of piperidine rings is 1. The van der Waals surface area contributed by atoms with Crippen LogP contribution in [0.2, 0.25) is 0 Å². The van der Waals surface area contributed by atoms with Gasteiger partial charge >= 0.3 is 0 Å². The zero-order chi connectivity index (χ0) is 12.5. The summed E-state index contributed by atoms with van der Waals surface area (Å²) >= 11 is 0. The highest BCUT2D eigenvalue weighted by Crippen LogP contribution is 2.24. The maximum Gasteiger partial charge on any atom is 0.123 e. The van der Waals surface area contributed by atoms with Crippen LogP contribution in [0.1, 0.15) is 24.8 Å². The zero-order valence-corrected chi connectivity index (χ0v) is 10.8. The molecule has 3 rings (SSSR count). The van der Waals surface area contributed by atoms with Crippen LogP contribution in [-0.2, 0) is 13.6 Å². The molecule has 2 heterocycles. The Hall–Kier alpha value is -1.35. The van der Waals surface area contributed by atoms with Crippen LogP contribution in [0, 0.1) is 5.82 Å². The van der Waals surface area contributed by atoms with Gasteiger partial charge in [-0.15, -0.1) is 0 Å². The minimum absolute atomic E-state index is 0.145. The first-order valence-electron chi connectivity index (χ1n) is 6.70. The molecular weight excluding hydrogens is 227 g/mol. The fourth-order valence-corrected chi connectivity index (χ4v) is 2.93. The van der Waals surface area contributed by atoms with Crippen molar-refractivity contribution in [3.63, 3.8) is 0 Å². The molecule has 0 spiro atoms. The minimum Gasteiger partial charge on any atom is -0.350 e. The van der Waals surface area contributed by atoms with Gasteiger partial charge in [-0.05, 0) is 49.7 Å². The molecule has 1 fully saturated rings. The van der Waals surface area contributed by atoms with Crippen LogP contribution in [-0.4, -0.2) is 22.6 Å². The second-order valence-electron chi connectivity index (χ2n) is 5.26. The number of aromatic nitrogens is 1. The van der Waals surface area contributed by atoms with Gasteiger partial charge in [-0.2, -0.15) is 0 Å². The number of aryl methyl sites for hydroxylation is 1. The molecule has 96 valence electrons. The lowest BCUT2D eigenvalue weighted by molar-refractivity contribution is 0.221. The molecule has 0 unspecified atom stereocenters. The molecule has 0 N–H and O–H groups in total. The SMILES string of the molecule is Cn1cc(CN2CCCCC2)c2cc(F)ccc21. The van der Waals surface area contributed by atoms with Crippen molar-refractivity contribution >= 4 is 10.9 Å². The van der Waals surface area contributed by atoms with E-state index < -0.39 is 0 Å². The van der Waals surface area contributed by atoms with Crippen molar-refractivity contribution in [2.45, 2.75) is 25.8 Å². The first-order valence-corrected chi connectivity index (χ1v) is 6.70. The highest BCUT2D eigenvalue weighted by atomic mass is 19.1. The smallest absolute Gasteiger partial charge is 0.123 e. The van der Waals surface area contributed by atoms with Gasteiger partial charge in [0, 0.05) is 30.7 Å². The van der Waals surface area contributed by atoms with Gasteiger partial charge in [-0.25, -0.2) is 4.39 Å². The maximum absolute atomic E-state index is 13.4. The normalized spacial score (nSPS) is 17.4. The minimum atomic E-state index is -0.145. The molecule has 0 aliphatic carbocycles. The summed E-state index contributed by atoms with van der Waals surface area (Å²) in [5.74, 6) is -0.145. The van der Waals surface area contributed by atoms with Gasteiger partial charge in [0.15, 0.2) is 0 Å². The van der Waals surface area contributed by atoms with Crippen LogP contribution >= 0.6 is 0 Å². The van der Waals surface area contributed by atoms with E-state index in [1.165, 1.54) is 44.0 Å². The molecule has 0 amide bonds. The van der Waals surface area contributed by atoms with Crippen LogP contribution < -0.4 is 0 Å². The van der Waals surface area contributed by atoms with Crippen molar-refractivity contribution in [2.75, 3.05) is 13.1 Å². The first-order chi connectivity index (χ1) is 8.74. The molecule has 1 aromatic carbocycles. The summed E-state index contributed by atoms with van der Waals surface area (Å²) in [6.45, 7) is 3.29. The van der Waals surface area contributed by atoms with Crippen molar-refractivity contribution in [1.29, 1.82) is 0 Å². The molecule has 0 saturated carbocycles. The van der Waals surface area contributed by atoms with Crippen molar-refractivity contribution in [1.82, 2.24) is 9.47 Å². The Labute approximate surface area is 107 Å². The zero-order valence-electron chi connectivity index (χ0n) is 10.8. The number of halogens is 1. The summed E-state index contributed by atoms with van der Waals surface area (Å²) in [6, 6.07) is 5.06. The molecule has 1 aromatic heterocycles. The topological polar surface area (TPSA) is 8.17 Å². The molecule has 0 radical (unpaired) electrons. The number of hydrogen-bond donors (Lipinski definition) is 0. The average Bonchev–Trinajstić information content (AvgIpc) is 2.67. The van der Waals surface area contributed by atoms with E-state index in [0.29, 0.717) is 0 Å². The molecule has 0 bridgehead atoms. The van der Waals surface area contributed by atoms with Crippen molar-refractivity contribution in [3.05, 3.63) is 35.8 Å². The summed E-state index contributed by atoms with van der Waals surface area (Å²) in [6.07, 6.45) is 6.07. The third-order valence-electron chi connectivity index (χ3n) is 3.88. The third kappa shape index (κ3) is 2.15. The highest BCUT2D eigenvalue weighted by molar-refractivity contribution is 5.84. The van der Waals surface area contributed by atoms with Crippen molar-refractivity contribution in [2.24, 2.45) is 7.05 Å². The van der Waals surface area contributed by atoms with Crippen LogP contribution in [0.3, 0.4) is 0 Å². The second-order valence-corrected chi connectivity index (χ2v) is 5.26. The van der Waals surface area contributed by atoms with Crippen LogP contribution in [0.25, 0.3) is 10.9 Å². The Kier molecular flexibility index (Phi) is 3.08. The van der Waals surface area contributed by atoms with Crippen LogP contribution in [0.15, 0.2) is 24.4 Å². The van der Waals surface area contributed by atoms with E-state index in [0.717, 1.165) is 17.4 Å². The van der Waals surface area contributed by atoms with Gasteiger partial charge in [0.25, 0.3) is 0 Å². The molecule has 1 aliphatic heterocycles. The Morgan fingerprint density at radius 2 is 1.94 bits per heavy atom. The lowest BCUT2D eigenvalue weighted by atomic mass is 10.1. The Bertz CT molecular complexity index is 553. The molecule has 1 aliphatic rings. The summed E-state index contributed by atoms with van der Waals surface area (Å²) in [7, 11) is 2.03. The quantitative estimate of drug-likeness (QED) is 0.789. The largest absolute Gasteiger partial charge is 0.350 e. The molecule has 18 heavy (non-hydrogen) atoms. The van der Waals surface area contributed by atoms with Gasteiger partial charge in [-0.3, -0.25) is 4.90 Å². The number of fused-ring (bicyclic) bond motifs is 1. The van der Waals surface area contributed by atoms with Crippen molar-refractivity contribution < 1.29 is 4.39 Å². The average molecular weight is 246 g/mol. The van der Waals surface area contributed by atoms with Gasteiger partial charge in [0.05, 0.1) is 0 Å². The fraction of sp³-hybridized carbons (Fsp3) is 0.467. The fourth-order valence-electron chi connectivity index (χ4n) is 2.93. The van der Waals surface area contributed by atoms with E-state index in [4.69, 9.17) is 0 Å². The molecule has 2 aromatic rings. The van der Waals surface area contributed by atoms with Crippen LogP contribution in [0.4, 0.5) is 4.39 Å². The van der Waals surface area contributed by atoms with Gasteiger partial charge in [-0.1, -0.05) is 6.42 Å².